The molecule has 0 bridgehead atoms. The molecule has 18 heavy (non-hydrogen) atoms. The van der Waals surface area contributed by atoms with Gasteiger partial charge >= 0.3 is 0 Å². The largest absolute Gasteiger partial charge is 0.415 e. The van der Waals surface area contributed by atoms with E-state index in [9.17, 15) is 5.11 Å². The minimum atomic E-state index is -1.80. The topological polar surface area (TPSA) is 29.5 Å². The fourth-order valence-electron chi connectivity index (χ4n) is 1.43. The van der Waals surface area contributed by atoms with Crippen molar-refractivity contribution in [2.75, 3.05) is 6.61 Å². The van der Waals surface area contributed by atoms with Gasteiger partial charge in [0, 0.05) is 0 Å². The lowest BCUT2D eigenvalue weighted by Gasteiger charge is -2.47. The summed E-state index contributed by atoms with van der Waals surface area (Å²) in [4.78, 5) is 0. The van der Waals surface area contributed by atoms with Gasteiger partial charge in [0.25, 0.3) is 0 Å². The Morgan fingerprint density at radius 2 is 1.28 bits per heavy atom. The van der Waals surface area contributed by atoms with Crippen LogP contribution in [-0.2, 0) is 4.43 Å². The van der Waals surface area contributed by atoms with E-state index in [0.29, 0.717) is 0 Å². The van der Waals surface area contributed by atoms with Crippen molar-refractivity contribution in [3.8, 4) is 0 Å². The van der Waals surface area contributed by atoms with E-state index in [0.717, 1.165) is 0 Å². The number of hydrogen-bond donors (Lipinski definition) is 1. The van der Waals surface area contributed by atoms with E-state index >= 15 is 0 Å². The molecular formula is C14H34O2Si2. The third-order valence-corrected chi connectivity index (χ3v) is 15.6. The second kappa shape index (κ2) is 5.39. The molecule has 1 atom stereocenters. The molecule has 1 N–H and O–H groups in total. The summed E-state index contributed by atoms with van der Waals surface area (Å²) >= 11 is 0. The molecule has 2 nitrogen and oxygen atoms in total. The second-order valence-corrected chi connectivity index (χ2v) is 18.9. The minimum Gasteiger partial charge on any atom is -0.415 e. The number of aliphatic hydroxyl groups excluding tert-OH is 1. The first-order valence-corrected chi connectivity index (χ1v) is 12.9. The highest BCUT2D eigenvalue weighted by Crippen LogP contribution is 2.43. The molecule has 0 aromatic carbocycles. The van der Waals surface area contributed by atoms with E-state index in [1.165, 1.54) is 0 Å². The minimum absolute atomic E-state index is 0.0402. The highest BCUT2D eigenvalue weighted by molar-refractivity contribution is 6.83. The van der Waals surface area contributed by atoms with E-state index in [4.69, 9.17) is 4.43 Å². The quantitative estimate of drug-likeness (QED) is 0.777. The van der Waals surface area contributed by atoms with Crippen molar-refractivity contribution in [2.45, 2.75) is 83.5 Å². The Morgan fingerprint density at radius 1 is 0.889 bits per heavy atom. The van der Waals surface area contributed by atoms with Crippen molar-refractivity contribution in [3.05, 3.63) is 0 Å². The molecule has 0 saturated carbocycles. The molecule has 0 aromatic rings. The highest BCUT2D eigenvalue weighted by Gasteiger charge is 2.47. The van der Waals surface area contributed by atoms with Crippen LogP contribution in [0.4, 0.5) is 0 Å². The molecule has 0 saturated heterocycles. The summed E-state index contributed by atoms with van der Waals surface area (Å²) in [7, 11) is -3.46. The Morgan fingerprint density at radius 3 is 1.50 bits per heavy atom. The van der Waals surface area contributed by atoms with Gasteiger partial charge in [-0.3, -0.25) is 0 Å². The summed E-state index contributed by atoms with van der Waals surface area (Å²) in [5.41, 5.74) is 0.0402. The van der Waals surface area contributed by atoms with Crippen molar-refractivity contribution in [1.29, 1.82) is 0 Å². The van der Waals surface area contributed by atoms with Crippen LogP contribution in [0.2, 0.25) is 36.3 Å². The van der Waals surface area contributed by atoms with Crippen LogP contribution >= 0.6 is 0 Å². The first-order valence-electron chi connectivity index (χ1n) is 6.95. The van der Waals surface area contributed by atoms with Gasteiger partial charge in [0.2, 0.25) is 0 Å². The third kappa shape index (κ3) is 3.92. The zero-order chi connectivity index (χ0) is 15.0. The SMILES string of the molecule is CC(C)(C)[Si](C)(C)OC(CO)[Si](C)(C)C(C)(C)C. The Hall–Kier alpha value is 0.354. The van der Waals surface area contributed by atoms with Gasteiger partial charge in [-0.2, -0.15) is 0 Å². The highest BCUT2D eigenvalue weighted by atomic mass is 28.4. The molecule has 110 valence electrons. The molecule has 0 aliphatic heterocycles. The summed E-state index contributed by atoms with van der Waals surface area (Å²) < 4.78 is 6.49. The summed E-state index contributed by atoms with van der Waals surface area (Å²) in [5, 5.41) is 10.2. The Bertz CT molecular complexity index is 272. The maximum absolute atomic E-state index is 9.79. The van der Waals surface area contributed by atoms with Gasteiger partial charge in [0.1, 0.15) is 0 Å². The van der Waals surface area contributed by atoms with Crippen molar-refractivity contribution in [1.82, 2.24) is 0 Å². The molecule has 0 aliphatic carbocycles. The van der Waals surface area contributed by atoms with Crippen LogP contribution in [0, 0.1) is 0 Å². The van der Waals surface area contributed by atoms with Crippen LogP contribution in [0.1, 0.15) is 41.5 Å². The molecule has 0 spiro atoms. The zero-order valence-corrected chi connectivity index (χ0v) is 16.1. The van der Waals surface area contributed by atoms with Gasteiger partial charge in [-0.15, -0.1) is 0 Å². The number of aliphatic hydroxyl groups is 1. The molecule has 0 aliphatic rings. The average molecular weight is 291 g/mol. The summed E-state index contributed by atoms with van der Waals surface area (Å²) in [6, 6.07) is 0. The normalized spacial score (nSPS) is 16.8. The first kappa shape index (κ1) is 18.4. The van der Waals surface area contributed by atoms with Crippen LogP contribution in [-0.4, -0.2) is 33.8 Å². The van der Waals surface area contributed by atoms with Gasteiger partial charge in [0.05, 0.1) is 20.4 Å². The smallest absolute Gasteiger partial charge is 0.192 e. The molecule has 1 unspecified atom stereocenters. The van der Waals surface area contributed by atoms with Gasteiger partial charge < -0.3 is 9.53 Å². The van der Waals surface area contributed by atoms with Crippen LogP contribution in [0.25, 0.3) is 0 Å². The van der Waals surface area contributed by atoms with E-state index < -0.39 is 16.4 Å². The van der Waals surface area contributed by atoms with E-state index in [2.05, 4.69) is 67.7 Å². The van der Waals surface area contributed by atoms with Crippen LogP contribution in [0.15, 0.2) is 0 Å². The van der Waals surface area contributed by atoms with Gasteiger partial charge in [-0.25, -0.2) is 0 Å². The predicted octanol–water partition coefficient (Wildman–Crippen LogP) is 4.42. The van der Waals surface area contributed by atoms with E-state index in [1.54, 1.807) is 0 Å². The first-order chi connectivity index (χ1) is 7.67. The monoisotopic (exact) mass is 290 g/mol. The van der Waals surface area contributed by atoms with Crippen LogP contribution in [0.3, 0.4) is 0 Å². The molecular weight excluding hydrogens is 256 g/mol. The molecule has 4 heteroatoms. The van der Waals surface area contributed by atoms with Crippen molar-refractivity contribution in [3.63, 3.8) is 0 Å². The summed E-state index contributed by atoms with van der Waals surface area (Å²) in [6.45, 7) is 22.9. The average Bonchev–Trinajstić information content (AvgIpc) is 2.10. The Balaban J connectivity index is 5.16. The molecule has 0 fully saturated rings. The fraction of sp³-hybridized carbons (Fsp3) is 1.00. The maximum atomic E-state index is 9.79. The molecule has 0 aromatic heterocycles. The predicted molar refractivity (Wildman–Crippen MR) is 86.4 cm³/mol. The van der Waals surface area contributed by atoms with E-state index in [-0.39, 0.29) is 22.4 Å². The third-order valence-electron chi connectivity index (χ3n) is 5.15. The maximum Gasteiger partial charge on any atom is 0.192 e. The standard InChI is InChI=1S/C14H34O2Si2/c1-13(2,3)17(7,8)12(11-15)16-18(9,10)14(4,5)6/h12,15H,11H2,1-10H3. The second-order valence-electron chi connectivity index (χ2n) is 8.52. The summed E-state index contributed by atoms with van der Waals surface area (Å²) in [6.07, 6.45) is 0. The lowest BCUT2D eigenvalue weighted by Crippen LogP contribution is -2.57. The van der Waals surface area contributed by atoms with Gasteiger partial charge in [-0.05, 0) is 23.2 Å². The molecule has 0 rings (SSSR count). The zero-order valence-electron chi connectivity index (χ0n) is 14.1. The van der Waals surface area contributed by atoms with Crippen molar-refractivity contribution in [2.24, 2.45) is 0 Å². The molecule has 0 amide bonds. The molecule has 0 radical (unpaired) electrons. The molecule has 0 heterocycles. The fourth-order valence-corrected chi connectivity index (χ4v) is 6.05. The van der Waals surface area contributed by atoms with E-state index in [1.807, 2.05) is 0 Å². The van der Waals surface area contributed by atoms with Gasteiger partial charge in [-0.1, -0.05) is 54.6 Å². The van der Waals surface area contributed by atoms with Crippen molar-refractivity contribution >= 4 is 16.4 Å². The van der Waals surface area contributed by atoms with Crippen LogP contribution < -0.4 is 0 Å². The lowest BCUT2D eigenvalue weighted by atomic mass is 10.2. The Kier molecular flexibility index (Phi) is 5.49. The lowest BCUT2D eigenvalue weighted by molar-refractivity contribution is 0.148. The number of hydrogen-bond acceptors (Lipinski definition) is 2. The summed E-state index contributed by atoms with van der Waals surface area (Å²) in [5.74, 6) is 0. The van der Waals surface area contributed by atoms with Gasteiger partial charge in [0.15, 0.2) is 8.32 Å². The Labute approximate surface area is 116 Å². The van der Waals surface area contributed by atoms with Crippen LogP contribution in [0.5, 0.6) is 0 Å². The number of rotatable bonds is 4. The van der Waals surface area contributed by atoms with Crippen molar-refractivity contribution < 1.29 is 9.53 Å².